The molecule has 1 saturated carbocycles. The van der Waals surface area contributed by atoms with E-state index in [9.17, 15) is 0 Å². The Balaban J connectivity index is 1.84. The minimum Gasteiger partial charge on any atom is -0.198 e. The molecule has 2 unspecified atom stereocenters. The number of nitriles is 1. The van der Waals surface area contributed by atoms with E-state index in [0.717, 1.165) is 18.6 Å². The molecule has 0 aliphatic heterocycles. The summed E-state index contributed by atoms with van der Waals surface area (Å²) in [5.74, 6) is 1.77. The first-order valence-electron chi connectivity index (χ1n) is 8.65. The second-order valence-electron chi connectivity index (χ2n) is 6.21. The van der Waals surface area contributed by atoms with Crippen molar-refractivity contribution in [3.8, 4) is 6.07 Å². The Morgan fingerprint density at radius 2 is 2.04 bits per heavy atom. The molecule has 0 saturated heterocycles. The van der Waals surface area contributed by atoms with Gasteiger partial charge >= 0.3 is 0 Å². The van der Waals surface area contributed by atoms with Crippen LogP contribution in [0.25, 0.3) is 5.57 Å². The van der Waals surface area contributed by atoms with Crippen LogP contribution in [0.15, 0.2) is 43.0 Å². The van der Waals surface area contributed by atoms with Crippen LogP contribution in [0, 0.1) is 17.2 Å². The maximum Gasteiger partial charge on any atom is 0.0625 e. The molecule has 0 N–H and O–H groups in total. The lowest BCUT2D eigenvalue weighted by molar-refractivity contribution is 0.376. The predicted octanol–water partition coefficient (Wildman–Crippen LogP) is 6.02. The minimum absolute atomic E-state index is 0.617. The van der Waals surface area contributed by atoms with Crippen molar-refractivity contribution in [1.82, 2.24) is 0 Å². The molecule has 23 heavy (non-hydrogen) atoms. The smallest absolute Gasteiger partial charge is 0.0625 e. The number of nitrogens with zero attached hydrogens (tertiary/aromatic N) is 1. The van der Waals surface area contributed by atoms with E-state index in [2.05, 4.69) is 54.8 Å². The number of hydrogen-bond acceptors (Lipinski definition) is 2. The summed E-state index contributed by atoms with van der Waals surface area (Å²) >= 11 is 2.08. The van der Waals surface area contributed by atoms with Crippen LogP contribution >= 0.6 is 11.8 Å². The Morgan fingerprint density at radius 1 is 1.30 bits per heavy atom. The van der Waals surface area contributed by atoms with Crippen LogP contribution in [0.3, 0.4) is 0 Å². The Hall–Kier alpha value is -1.46. The first kappa shape index (κ1) is 17.9. The molecule has 0 radical (unpaired) electrons. The fraction of sp³-hybridized carbons (Fsp3) is 0.476. The summed E-state index contributed by atoms with van der Waals surface area (Å²) < 4.78 is 0. The maximum atomic E-state index is 8.98. The molecule has 122 valence electrons. The van der Waals surface area contributed by atoms with Crippen LogP contribution in [-0.2, 0) is 6.42 Å². The van der Waals surface area contributed by atoms with E-state index < -0.39 is 0 Å². The van der Waals surface area contributed by atoms with Crippen LogP contribution in [0.5, 0.6) is 0 Å². The standard InChI is InChI=1S/C21H27NS/c1-3-18(4-2)19-11-9-17(10-12-19)14-16-23-21-8-6-5-7-20(21)13-15-22/h3-4,9-12,20-21H,1,5-8,13-14,16H2,2H3/b18-4+. The van der Waals surface area contributed by atoms with Gasteiger partial charge in [0.1, 0.15) is 0 Å². The average Bonchev–Trinajstić information content (AvgIpc) is 2.59. The molecule has 2 atom stereocenters. The highest BCUT2D eigenvalue weighted by Crippen LogP contribution is 2.35. The third kappa shape index (κ3) is 5.29. The van der Waals surface area contributed by atoms with Gasteiger partial charge in [-0.25, -0.2) is 0 Å². The first-order valence-corrected chi connectivity index (χ1v) is 9.70. The van der Waals surface area contributed by atoms with Gasteiger partial charge in [0.05, 0.1) is 6.07 Å². The number of rotatable bonds is 7. The molecule has 2 heteroatoms. The van der Waals surface area contributed by atoms with E-state index >= 15 is 0 Å². The number of aryl methyl sites for hydroxylation is 1. The first-order chi connectivity index (χ1) is 11.3. The zero-order valence-corrected chi connectivity index (χ0v) is 14.9. The fourth-order valence-electron chi connectivity index (χ4n) is 3.34. The van der Waals surface area contributed by atoms with Gasteiger partial charge in [0, 0.05) is 11.7 Å². The van der Waals surface area contributed by atoms with Crippen molar-refractivity contribution >= 4 is 17.3 Å². The molecule has 1 aromatic carbocycles. The lowest BCUT2D eigenvalue weighted by Crippen LogP contribution is -2.22. The van der Waals surface area contributed by atoms with E-state index in [4.69, 9.17) is 5.26 Å². The SMILES string of the molecule is C=C/C(=C\C)c1ccc(CCSC2CCCCC2CC#N)cc1. The summed E-state index contributed by atoms with van der Waals surface area (Å²) in [4.78, 5) is 0. The Morgan fingerprint density at radius 3 is 2.70 bits per heavy atom. The van der Waals surface area contributed by atoms with Gasteiger partial charge in [-0.3, -0.25) is 0 Å². The van der Waals surface area contributed by atoms with Gasteiger partial charge in [-0.15, -0.1) is 0 Å². The van der Waals surface area contributed by atoms with Gasteiger partial charge in [-0.2, -0.15) is 17.0 Å². The summed E-state index contributed by atoms with van der Waals surface area (Å²) in [5.41, 5.74) is 3.82. The molecule has 2 rings (SSSR count). The number of allylic oxidation sites excluding steroid dienone is 3. The monoisotopic (exact) mass is 325 g/mol. The molecule has 1 aliphatic rings. The van der Waals surface area contributed by atoms with E-state index in [1.807, 2.05) is 13.0 Å². The van der Waals surface area contributed by atoms with Gasteiger partial charge in [-0.1, -0.05) is 55.8 Å². The van der Waals surface area contributed by atoms with E-state index in [1.165, 1.54) is 42.4 Å². The topological polar surface area (TPSA) is 23.8 Å². The third-order valence-electron chi connectivity index (χ3n) is 4.73. The van der Waals surface area contributed by atoms with Crippen molar-refractivity contribution in [3.05, 3.63) is 54.1 Å². The zero-order chi connectivity index (χ0) is 16.5. The summed E-state index contributed by atoms with van der Waals surface area (Å²) in [6.45, 7) is 5.90. The normalized spacial score (nSPS) is 21.7. The van der Waals surface area contributed by atoms with Gasteiger partial charge in [-0.05, 0) is 54.6 Å². The molecular weight excluding hydrogens is 298 g/mol. The van der Waals surface area contributed by atoms with Crippen molar-refractivity contribution in [2.24, 2.45) is 5.92 Å². The highest BCUT2D eigenvalue weighted by Gasteiger charge is 2.24. The lowest BCUT2D eigenvalue weighted by atomic mass is 9.87. The van der Waals surface area contributed by atoms with Crippen molar-refractivity contribution < 1.29 is 0 Å². The molecule has 0 heterocycles. The maximum absolute atomic E-state index is 8.98. The average molecular weight is 326 g/mol. The van der Waals surface area contributed by atoms with E-state index in [1.54, 1.807) is 0 Å². The van der Waals surface area contributed by atoms with Crippen molar-refractivity contribution in [2.75, 3.05) is 5.75 Å². The minimum atomic E-state index is 0.617. The Kier molecular flexibility index (Phi) is 7.49. The van der Waals surface area contributed by atoms with Crippen molar-refractivity contribution in [3.63, 3.8) is 0 Å². The predicted molar refractivity (Wildman–Crippen MR) is 102 cm³/mol. The van der Waals surface area contributed by atoms with Gasteiger partial charge in [0.25, 0.3) is 0 Å². The van der Waals surface area contributed by atoms with Gasteiger partial charge in [0.2, 0.25) is 0 Å². The molecule has 0 spiro atoms. The molecule has 1 nitrogen and oxygen atoms in total. The molecular formula is C21H27NS. The van der Waals surface area contributed by atoms with Crippen LogP contribution < -0.4 is 0 Å². The largest absolute Gasteiger partial charge is 0.198 e. The van der Waals surface area contributed by atoms with E-state index in [-0.39, 0.29) is 0 Å². The summed E-state index contributed by atoms with van der Waals surface area (Å²) in [7, 11) is 0. The third-order valence-corrected chi connectivity index (χ3v) is 6.22. The second kappa shape index (κ2) is 9.63. The lowest BCUT2D eigenvalue weighted by Gasteiger charge is -2.29. The van der Waals surface area contributed by atoms with Crippen molar-refractivity contribution in [1.29, 1.82) is 5.26 Å². The Bertz CT molecular complexity index is 564. The highest BCUT2D eigenvalue weighted by molar-refractivity contribution is 7.99. The molecule has 1 aliphatic carbocycles. The van der Waals surface area contributed by atoms with Crippen LogP contribution in [0.4, 0.5) is 0 Å². The van der Waals surface area contributed by atoms with Gasteiger partial charge in [0.15, 0.2) is 0 Å². The summed E-state index contributed by atoms with van der Waals surface area (Å²) in [5, 5.41) is 9.67. The van der Waals surface area contributed by atoms with Crippen LogP contribution in [-0.4, -0.2) is 11.0 Å². The quantitative estimate of drug-likeness (QED) is 0.572. The summed E-state index contributed by atoms with van der Waals surface area (Å²) in [6.07, 6.45) is 11.0. The zero-order valence-electron chi connectivity index (χ0n) is 14.1. The molecule has 1 aromatic rings. The van der Waals surface area contributed by atoms with Crippen LogP contribution in [0.2, 0.25) is 0 Å². The molecule has 0 bridgehead atoms. The van der Waals surface area contributed by atoms with E-state index in [0.29, 0.717) is 11.2 Å². The second-order valence-corrected chi connectivity index (χ2v) is 7.56. The molecule has 1 fully saturated rings. The van der Waals surface area contributed by atoms with Gasteiger partial charge < -0.3 is 0 Å². The number of thioether (sulfide) groups is 1. The number of hydrogen-bond donors (Lipinski definition) is 0. The Labute approximate surface area is 145 Å². The molecule has 0 aromatic heterocycles. The highest BCUT2D eigenvalue weighted by atomic mass is 32.2. The summed E-state index contributed by atoms with van der Waals surface area (Å²) in [6, 6.07) is 11.2. The molecule has 0 amide bonds. The van der Waals surface area contributed by atoms with Crippen LogP contribution in [0.1, 0.15) is 50.2 Å². The van der Waals surface area contributed by atoms with Crippen molar-refractivity contribution in [2.45, 2.75) is 50.7 Å². The fourth-order valence-corrected chi connectivity index (χ4v) is 4.83. The number of benzene rings is 1.